The van der Waals surface area contributed by atoms with Crippen molar-refractivity contribution in [2.45, 2.75) is 6.54 Å². The highest BCUT2D eigenvalue weighted by Gasteiger charge is 2.07. The van der Waals surface area contributed by atoms with E-state index in [2.05, 4.69) is 9.97 Å². The summed E-state index contributed by atoms with van der Waals surface area (Å²) in [6, 6.07) is 9.68. The Morgan fingerprint density at radius 2 is 2.00 bits per heavy atom. The van der Waals surface area contributed by atoms with Crippen molar-refractivity contribution in [2.24, 2.45) is 5.73 Å². The number of fused-ring (bicyclic) bond motifs is 1. The molecule has 0 fully saturated rings. The van der Waals surface area contributed by atoms with Crippen LogP contribution < -0.4 is 10.5 Å². The van der Waals surface area contributed by atoms with Gasteiger partial charge in [-0.15, -0.1) is 0 Å². The summed E-state index contributed by atoms with van der Waals surface area (Å²) < 4.78 is 10.6. The highest BCUT2D eigenvalue weighted by Crippen LogP contribution is 2.25. The maximum atomic E-state index is 5.50. The average molecular weight is 255 g/mol. The van der Waals surface area contributed by atoms with Crippen LogP contribution in [-0.4, -0.2) is 17.1 Å². The number of benzene rings is 1. The summed E-state index contributed by atoms with van der Waals surface area (Å²) in [7, 11) is 1.64. The Balaban J connectivity index is 2.03. The molecule has 0 aliphatic carbocycles. The highest BCUT2D eigenvalue weighted by atomic mass is 16.5. The van der Waals surface area contributed by atoms with E-state index < -0.39 is 0 Å². The van der Waals surface area contributed by atoms with Crippen LogP contribution in [0.2, 0.25) is 0 Å². The van der Waals surface area contributed by atoms with Crippen LogP contribution >= 0.6 is 0 Å². The molecule has 0 unspecified atom stereocenters. The topological polar surface area (TPSA) is 74.2 Å². The van der Waals surface area contributed by atoms with E-state index in [-0.39, 0.29) is 6.54 Å². The summed E-state index contributed by atoms with van der Waals surface area (Å²) in [6.45, 7) is 0.272. The van der Waals surface area contributed by atoms with Gasteiger partial charge in [0.2, 0.25) is 5.89 Å². The van der Waals surface area contributed by atoms with Crippen LogP contribution in [0.3, 0.4) is 0 Å². The minimum absolute atomic E-state index is 0.272. The first kappa shape index (κ1) is 11.7. The molecule has 0 radical (unpaired) electrons. The molecule has 0 aliphatic rings. The summed E-state index contributed by atoms with van der Waals surface area (Å²) in [5.74, 6) is 1.32. The molecule has 5 heteroatoms. The summed E-state index contributed by atoms with van der Waals surface area (Å²) in [5.41, 5.74) is 8.74. The van der Waals surface area contributed by atoms with Gasteiger partial charge in [0, 0.05) is 11.8 Å². The van der Waals surface area contributed by atoms with E-state index in [9.17, 15) is 0 Å². The van der Waals surface area contributed by atoms with Gasteiger partial charge in [0.15, 0.2) is 11.2 Å². The molecule has 3 aromatic rings. The molecule has 1 aromatic carbocycles. The third-order valence-corrected chi connectivity index (χ3v) is 2.89. The largest absolute Gasteiger partial charge is 0.497 e. The molecule has 96 valence electrons. The molecule has 2 N–H and O–H groups in total. The monoisotopic (exact) mass is 255 g/mol. The number of oxazole rings is 1. The van der Waals surface area contributed by atoms with E-state index in [0.717, 1.165) is 16.9 Å². The number of nitrogens with zero attached hydrogens (tertiary/aromatic N) is 2. The fourth-order valence-electron chi connectivity index (χ4n) is 1.89. The number of aromatic nitrogens is 2. The number of rotatable bonds is 3. The molecule has 0 bridgehead atoms. The van der Waals surface area contributed by atoms with Gasteiger partial charge >= 0.3 is 0 Å². The third kappa shape index (κ3) is 2.15. The molecule has 5 nitrogen and oxygen atoms in total. The number of pyridine rings is 1. The zero-order chi connectivity index (χ0) is 13.2. The Labute approximate surface area is 110 Å². The van der Waals surface area contributed by atoms with Crippen molar-refractivity contribution in [1.29, 1.82) is 0 Å². The van der Waals surface area contributed by atoms with Gasteiger partial charge in [-0.05, 0) is 23.8 Å². The molecule has 0 spiro atoms. The van der Waals surface area contributed by atoms with Gasteiger partial charge in [-0.25, -0.2) is 4.98 Å². The summed E-state index contributed by atoms with van der Waals surface area (Å²) in [4.78, 5) is 8.45. The Morgan fingerprint density at radius 3 is 2.68 bits per heavy atom. The molecule has 0 aliphatic heterocycles. The first-order valence-corrected chi connectivity index (χ1v) is 5.90. The molecule has 0 saturated carbocycles. The summed E-state index contributed by atoms with van der Waals surface area (Å²) >= 11 is 0. The molecule has 3 rings (SSSR count). The van der Waals surface area contributed by atoms with E-state index in [1.807, 2.05) is 30.3 Å². The number of methoxy groups -OCH3 is 1. The zero-order valence-electron chi connectivity index (χ0n) is 10.5. The summed E-state index contributed by atoms with van der Waals surface area (Å²) in [5, 5.41) is 0. The van der Waals surface area contributed by atoms with Crippen LogP contribution in [0.4, 0.5) is 0 Å². The lowest BCUT2D eigenvalue weighted by molar-refractivity contribution is 0.415. The Bertz CT molecular complexity index is 704. The molecular weight excluding hydrogens is 242 g/mol. The molecule has 0 atom stereocenters. The van der Waals surface area contributed by atoms with Crippen molar-refractivity contribution in [3.8, 4) is 16.9 Å². The fourth-order valence-corrected chi connectivity index (χ4v) is 1.89. The average Bonchev–Trinajstić information content (AvgIpc) is 2.89. The maximum absolute atomic E-state index is 5.50. The van der Waals surface area contributed by atoms with Gasteiger partial charge in [0.25, 0.3) is 0 Å². The Morgan fingerprint density at radius 1 is 1.21 bits per heavy atom. The van der Waals surface area contributed by atoms with Gasteiger partial charge in [0.1, 0.15) is 5.75 Å². The van der Waals surface area contributed by atoms with Crippen LogP contribution in [0.5, 0.6) is 5.75 Å². The van der Waals surface area contributed by atoms with Gasteiger partial charge < -0.3 is 14.9 Å². The lowest BCUT2D eigenvalue weighted by Gasteiger charge is -2.02. The molecule has 2 aromatic heterocycles. The quantitative estimate of drug-likeness (QED) is 0.777. The molecule has 0 saturated heterocycles. The van der Waals surface area contributed by atoms with Gasteiger partial charge in [-0.1, -0.05) is 12.1 Å². The maximum Gasteiger partial charge on any atom is 0.210 e. The Hall–Kier alpha value is -2.40. The first-order chi connectivity index (χ1) is 9.30. The molecule has 2 heterocycles. The molecule has 0 amide bonds. The molecule has 19 heavy (non-hydrogen) atoms. The predicted molar refractivity (Wildman–Crippen MR) is 71.7 cm³/mol. The zero-order valence-corrected chi connectivity index (χ0v) is 10.5. The van der Waals surface area contributed by atoms with Crippen LogP contribution in [-0.2, 0) is 6.54 Å². The minimum Gasteiger partial charge on any atom is -0.497 e. The van der Waals surface area contributed by atoms with Crippen molar-refractivity contribution < 1.29 is 9.15 Å². The SMILES string of the molecule is COc1ccc(-c2cnc3nc(CN)oc3c2)cc1. The van der Waals surface area contributed by atoms with Crippen molar-refractivity contribution >= 4 is 11.2 Å². The predicted octanol–water partition coefficient (Wildman–Crippen LogP) is 2.36. The standard InChI is InChI=1S/C14H13N3O2/c1-18-11-4-2-9(3-5-11)10-6-12-14(16-8-10)17-13(7-15)19-12/h2-6,8H,7,15H2,1H3. The highest BCUT2D eigenvalue weighted by molar-refractivity contribution is 5.76. The van der Waals surface area contributed by atoms with Gasteiger partial charge in [-0.3, -0.25) is 0 Å². The van der Waals surface area contributed by atoms with E-state index in [1.54, 1.807) is 13.3 Å². The van der Waals surface area contributed by atoms with E-state index in [1.165, 1.54) is 0 Å². The summed E-state index contributed by atoms with van der Waals surface area (Å²) in [6.07, 6.45) is 1.77. The van der Waals surface area contributed by atoms with Crippen molar-refractivity contribution in [2.75, 3.05) is 7.11 Å². The lowest BCUT2D eigenvalue weighted by Crippen LogP contribution is -1.95. The van der Waals surface area contributed by atoms with Gasteiger partial charge in [0.05, 0.1) is 13.7 Å². The second-order valence-corrected chi connectivity index (χ2v) is 4.09. The van der Waals surface area contributed by atoms with E-state index >= 15 is 0 Å². The lowest BCUT2D eigenvalue weighted by atomic mass is 10.1. The number of hydrogen-bond acceptors (Lipinski definition) is 5. The normalized spacial score (nSPS) is 10.8. The first-order valence-electron chi connectivity index (χ1n) is 5.90. The second kappa shape index (κ2) is 4.70. The van der Waals surface area contributed by atoms with Crippen LogP contribution in [0.25, 0.3) is 22.4 Å². The van der Waals surface area contributed by atoms with Crippen molar-refractivity contribution in [1.82, 2.24) is 9.97 Å². The molecular formula is C14H13N3O2. The van der Waals surface area contributed by atoms with Crippen LogP contribution in [0.1, 0.15) is 5.89 Å². The van der Waals surface area contributed by atoms with E-state index in [0.29, 0.717) is 17.1 Å². The van der Waals surface area contributed by atoms with Crippen molar-refractivity contribution in [3.63, 3.8) is 0 Å². The van der Waals surface area contributed by atoms with Gasteiger partial charge in [-0.2, -0.15) is 4.98 Å². The smallest absolute Gasteiger partial charge is 0.210 e. The van der Waals surface area contributed by atoms with Crippen LogP contribution in [0, 0.1) is 0 Å². The minimum atomic E-state index is 0.272. The van der Waals surface area contributed by atoms with Crippen LogP contribution in [0.15, 0.2) is 40.9 Å². The number of ether oxygens (including phenoxy) is 1. The van der Waals surface area contributed by atoms with E-state index in [4.69, 9.17) is 14.9 Å². The Kier molecular flexibility index (Phi) is 2.89. The number of nitrogens with two attached hydrogens (primary N) is 1. The van der Waals surface area contributed by atoms with Crippen molar-refractivity contribution in [3.05, 3.63) is 42.4 Å². The number of hydrogen-bond donors (Lipinski definition) is 1. The second-order valence-electron chi connectivity index (χ2n) is 4.09. The third-order valence-electron chi connectivity index (χ3n) is 2.89. The fraction of sp³-hybridized carbons (Fsp3) is 0.143.